The molecule has 0 saturated carbocycles. The second-order valence-corrected chi connectivity index (χ2v) is 4.59. The molecule has 1 aromatic rings. The van der Waals surface area contributed by atoms with Gasteiger partial charge in [-0.1, -0.05) is 6.92 Å². The number of nitrogens with one attached hydrogen (secondary N) is 1. The van der Waals surface area contributed by atoms with Gasteiger partial charge in [-0.05, 0) is 12.5 Å². The summed E-state index contributed by atoms with van der Waals surface area (Å²) in [7, 11) is 1.76. The van der Waals surface area contributed by atoms with Crippen LogP contribution < -0.4 is 10.2 Å². The average Bonchev–Trinajstić information content (AvgIpc) is 2.75. The fourth-order valence-corrected chi connectivity index (χ4v) is 2.05. The molecule has 0 unspecified atom stereocenters. The van der Waals surface area contributed by atoms with Crippen molar-refractivity contribution in [3.05, 3.63) is 16.3 Å². The highest BCUT2D eigenvalue weighted by Gasteiger charge is 2.11. The lowest BCUT2D eigenvalue weighted by Gasteiger charge is -2.16. The summed E-state index contributed by atoms with van der Waals surface area (Å²) >= 11 is 1.16. The molecule has 0 saturated heterocycles. The fourth-order valence-electron chi connectivity index (χ4n) is 1.27. The highest BCUT2D eigenvalue weighted by Crippen LogP contribution is 2.21. The van der Waals surface area contributed by atoms with Crippen LogP contribution in [0.25, 0.3) is 0 Å². The summed E-state index contributed by atoms with van der Waals surface area (Å²) in [5, 5.41) is 13.3. The number of carboxylic acid groups (broad SMARTS) is 1. The summed E-state index contributed by atoms with van der Waals surface area (Å²) in [6.07, 6.45) is 0.900. The second-order valence-electron chi connectivity index (χ2n) is 3.68. The highest BCUT2D eigenvalue weighted by molar-refractivity contribution is 7.12. The van der Waals surface area contributed by atoms with Crippen LogP contribution in [-0.2, 0) is 4.79 Å². The third-order valence-corrected chi connectivity index (χ3v) is 3.10. The highest BCUT2D eigenvalue weighted by atomic mass is 32.1. The lowest BCUT2D eigenvalue weighted by atomic mass is 10.3. The van der Waals surface area contributed by atoms with Crippen LogP contribution in [0.4, 0.5) is 5.69 Å². The Kier molecular flexibility index (Phi) is 4.96. The van der Waals surface area contributed by atoms with E-state index in [1.165, 1.54) is 0 Å². The maximum atomic E-state index is 11.5. The normalized spacial score (nSPS) is 10.0. The molecule has 0 radical (unpaired) electrons. The van der Waals surface area contributed by atoms with Gasteiger partial charge in [0, 0.05) is 24.7 Å². The minimum Gasteiger partial charge on any atom is -0.477 e. The molecule has 0 atom stereocenters. The molecule has 1 rings (SSSR count). The molecule has 2 N–H and O–H groups in total. The number of hydrogen-bond donors (Lipinski definition) is 2. The third-order valence-electron chi connectivity index (χ3n) is 2.19. The van der Waals surface area contributed by atoms with Crippen molar-refractivity contribution in [3.63, 3.8) is 0 Å². The lowest BCUT2D eigenvalue weighted by molar-refractivity contribution is -0.119. The Morgan fingerprint density at radius 3 is 2.76 bits per heavy atom. The summed E-state index contributed by atoms with van der Waals surface area (Å²) in [5.41, 5.74) is 0.749. The number of carbonyl (C=O) groups is 2. The maximum absolute atomic E-state index is 11.5. The van der Waals surface area contributed by atoms with Crippen molar-refractivity contribution >= 4 is 28.9 Å². The predicted molar refractivity (Wildman–Crippen MR) is 67.8 cm³/mol. The smallest absolute Gasteiger partial charge is 0.345 e. The van der Waals surface area contributed by atoms with Gasteiger partial charge in [-0.15, -0.1) is 11.3 Å². The first-order chi connectivity index (χ1) is 8.04. The standard InChI is InChI=1S/C11H16N2O3S/c1-3-4-12-10(14)6-13(2)8-5-9(11(15)16)17-7-8/h5,7H,3-4,6H2,1-2H3,(H,12,14)(H,15,16). The van der Waals surface area contributed by atoms with Gasteiger partial charge in [0.15, 0.2) is 0 Å². The van der Waals surface area contributed by atoms with E-state index >= 15 is 0 Å². The van der Waals surface area contributed by atoms with Crippen LogP contribution in [0.15, 0.2) is 11.4 Å². The first-order valence-electron chi connectivity index (χ1n) is 5.34. The number of carboxylic acids is 1. The van der Waals surface area contributed by atoms with Gasteiger partial charge in [-0.3, -0.25) is 4.79 Å². The minimum absolute atomic E-state index is 0.0579. The van der Waals surface area contributed by atoms with Gasteiger partial charge in [-0.25, -0.2) is 4.79 Å². The van der Waals surface area contributed by atoms with Crippen LogP contribution in [0.3, 0.4) is 0 Å². The van der Waals surface area contributed by atoms with E-state index in [4.69, 9.17) is 5.11 Å². The van der Waals surface area contributed by atoms with Gasteiger partial charge in [-0.2, -0.15) is 0 Å². The number of anilines is 1. The summed E-state index contributed by atoms with van der Waals surface area (Å²) in [4.78, 5) is 24.2. The topological polar surface area (TPSA) is 69.6 Å². The van der Waals surface area contributed by atoms with Crippen LogP contribution in [0, 0.1) is 0 Å². The molecule has 94 valence electrons. The Labute approximate surface area is 104 Å². The molecular formula is C11H16N2O3S. The van der Waals surface area contributed by atoms with Crippen molar-refractivity contribution in [3.8, 4) is 0 Å². The van der Waals surface area contributed by atoms with E-state index in [2.05, 4.69) is 5.32 Å². The molecule has 5 nitrogen and oxygen atoms in total. The number of carbonyl (C=O) groups excluding carboxylic acids is 1. The van der Waals surface area contributed by atoms with E-state index in [0.29, 0.717) is 6.54 Å². The predicted octanol–water partition coefficient (Wildman–Crippen LogP) is 1.41. The molecule has 1 amide bonds. The summed E-state index contributed by atoms with van der Waals surface area (Å²) in [6.45, 7) is 2.88. The van der Waals surface area contributed by atoms with Crippen LogP contribution in [0.1, 0.15) is 23.0 Å². The van der Waals surface area contributed by atoms with E-state index in [1.807, 2.05) is 6.92 Å². The molecule has 0 aromatic carbocycles. The van der Waals surface area contributed by atoms with Crippen LogP contribution in [0.5, 0.6) is 0 Å². The number of hydrogen-bond acceptors (Lipinski definition) is 4. The summed E-state index contributed by atoms with van der Waals surface area (Å²) in [6, 6.07) is 1.57. The van der Waals surface area contributed by atoms with Crippen molar-refractivity contribution < 1.29 is 14.7 Å². The van der Waals surface area contributed by atoms with Crippen molar-refractivity contribution in [2.45, 2.75) is 13.3 Å². The van der Waals surface area contributed by atoms with Gasteiger partial charge in [0.2, 0.25) is 5.91 Å². The van der Waals surface area contributed by atoms with Gasteiger partial charge in [0.25, 0.3) is 0 Å². The monoisotopic (exact) mass is 256 g/mol. The van der Waals surface area contributed by atoms with E-state index in [-0.39, 0.29) is 17.3 Å². The molecule has 0 aliphatic rings. The molecule has 0 fully saturated rings. The average molecular weight is 256 g/mol. The fraction of sp³-hybridized carbons (Fsp3) is 0.455. The summed E-state index contributed by atoms with van der Waals surface area (Å²) in [5.74, 6) is -0.998. The van der Waals surface area contributed by atoms with Gasteiger partial charge < -0.3 is 15.3 Å². The lowest BCUT2D eigenvalue weighted by Crippen LogP contribution is -2.35. The first-order valence-corrected chi connectivity index (χ1v) is 6.22. The Bertz CT molecular complexity index is 403. The second kappa shape index (κ2) is 6.24. The van der Waals surface area contributed by atoms with Crippen molar-refractivity contribution in [1.82, 2.24) is 5.32 Å². The number of thiophene rings is 1. The zero-order valence-corrected chi connectivity index (χ0v) is 10.7. The number of amides is 1. The Morgan fingerprint density at radius 1 is 1.53 bits per heavy atom. The molecule has 0 bridgehead atoms. The molecule has 0 aliphatic heterocycles. The first kappa shape index (κ1) is 13.5. The summed E-state index contributed by atoms with van der Waals surface area (Å²) < 4.78 is 0. The van der Waals surface area contributed by atoms with E-state index in [0.717, 1.165) is 23.4 Å². The molecule has 1 aromatic heterocycles. The minimum atomic E-state index is -0.940. The molecule has 17 heavy (non-hydrogen) atoms. The number of aromatic carboxylic acids is 1. The maximum Gasteiger partial charge on any atom is 0.345 e. The van der Waals surface area contributed by atoms with Crippen molar-refractivity contribution in [2.24, 2.45) is 0 Å². The largest absolute Gasteiger partial charge is 0.477 e. The van der Waals surface area contributed by atoms with Gasteiger partial charge >= 0.3 is 5.97 Å². The number of nitrogens with zero attached hydrogens (tertiary/aromatic N) is 1. The Morgan fingerprint density at radius 2 is 2.24 bits per heavy atom. The third kappa shape index (κ3) is 4.07. The molecule has 6 heteroatoms. The van der Waals surface area contributed by atoms with Crippen LogP contribution in [0.2, 0.25) is 0 Å². The number of rotatable bonds is 6. The SMILES string of the molecule is CCCNC(=O)CN(C)c1csc(C(=O)O)c1. The zero-order valence-electron chi connectivity index (χ0n) is 9.90. The van der Waals surface area contributed by atoms with E-state index < -0.39 is 5.97 Å². The zero-order chi connectivity index (χ0) is 12.8. The molecule has 0 spiro atoms. The Balaban J connectivity index is 2.54. The van der Waals surface area contributed by atoms with Crippen LogP contribution in [-0.4, -0.2) is 37.1 Å². The van der Waals surface area contributed by atoms with E-state index in [1.54, 1.807) is 23.4 Å². The van der Waals surface area contributed by atoms with Crippen molar-refractivity contribution in [2.75, 3.05) is 25.0 Å². The molecular weight excluding hydrogens is 240 g/mol. The van der Waals surface area contributed by atoms with Gasteiger partial charge in [0.1, 0.15) is 4.88 Å². The van der Waals surface area contributed by atoms with Gasteiger partial charge in [0.05, 0.1) is 6.54 Å². The van der Waals surface area contributed by atoms with Crippen LogP contribution >= 0.6 is 11.3 Å². The molecule has 0 aliphatic carbocycles. The van der Waals surface area contributed by atoms with E-state index in [9.17, 15) is 9.59 Å². The number of likely N-dealkylation sites (N-methyl/N-ethyl adjacent to an activating group) is 1. The Hall–Kier alpha value is -1.56. The van der Waals surface area contributed by atoms with Crippen molar-refractivity contribution in [1.29, 1.82) is 0 Å². The molecule has 1 heterocycles. The quantitative estimate of drug-likeness (QED) is 0.807.